The van der Waals surface area contributed by atoms with Gasteiger partial charge in [0.2, 0.25) is 0 Å². The van der Waals surface area contributed by atoms with E-state index in [4.69, 9.17) is 9.47 Å². The van der Waals surface area contributed by atoms with E-state index >= 15 is 0 Å². The van der Waals surface area contributed by atoms with Gasteiger partial charge < -0.3 is 9.47 Å². The molecule has 0 saturated heterocycles. The molecule has 0 N–H and O–H groups in total. The molecule has 0 aliphatic heterocycles. The molecule has 0 saturated carbocycles. The molecule has 9 heteroatoms. The van der Waals surface area contributed by atoms with E-state index in [0.717, 1.165) is 6.92 Å². The Morgan fingerprint density at radius 2 is 1.92 bits per heavy atom. The molecule has 0 fully saturated rings. The number of rotatable bonds is 5. The van der Waals surface area contributed by atoms with E-state index < -0.39 is 35.1 Å². The van der Waals surface area contributed by atoms with E-state index in [1.807, 2.05) is 0 Å². The summed E-state index contributed by atoms with van der Waals surface area (Å²) in [6, 6.07) is 8.01. The van der Waals surface area contributed by atoms with Gasteiger partial charge in [0.1, 0.15) is 5.75 Å². The molecular weight excluding hydrogens is 341 g/mol. The van der Waals surface area contributed by atoms with Crippen molar-refractivity contribution in [1.82, 2.24) is 9.78 Å². The third-order valence-corrected chi connectivity index (χ3v) is 3.25. The number of hydrogen-bond donors (Lipinski definition) is 0. The van der Waals surface area contributed by atoms with Crippen LogP contribution in [0.3, 0.4) is 0 Å². The van der Waals surface area contributed by atoms with Crippen molar-refractivity contribution in [1.29, 1.82) is 0 Å². The Labute approximate surface area is 140 Å². The molecule has 134 valence electrons. The minimum Gasteiger partial charge on any atom is -0.462 e. The van der Waals surface area contributed by atoms with Crippen molar-refractivity contribution in [3.8, 4) is 5.75 Å². The number of para-hydroxylation sites is 1. The predicted octanol–water partition coefficient (Wildman–Crippen LogP) is 2.71. The van der Waals surface area contributed by atoms with Gasteiger partial charge >= 0.3 is 12.1 Å². The zero-order chi connectivity index (χ0) is 18.6. The van der Waals surface area contributed by atoms with Crippen LogP contribution < -0.4 is 10.3 Å². The number of hydrogen-bond acceptors (Lipinski definition) is 5. The fourth-order valence-corrected chi connectivity index (χ4v) is 2.05. The van der Waals surface area contributed by atoms with Crippen LogP contribution in [0.25, 0.3) is 0 Å². The Morgan fingerprint density at radius 3 is 2.48 bits per heavy atom. The molecule has 6 nitrogen and oxygen atoms in total. The second kappa shape index (κ2) is 7.37. The van der Waals surface area contributed by atoms with Crippen molar-refractivity contribution >= 4 is 5.97 Å². The topological polar surface area (TPSA) is 70.4 Å². The first-order valence-corrected chi connectivity index (χ1v) is 7.29. The van der Waals surface area contributed by atoms with Gasteiger partial charge in [-0.2, -0.15) is 23.0 Å². The minimum absolute atomic E-state index is 0.00184. The third-order valence-electron chi connectivity index (χ3n) is 3.25. The van der Waals surface area contributed by atoms with E-state index in [2.05, 4.69) is 5.10 Å². The first-order chi connectivity index (χ1) is 11.8. The number of esters is 1. The summed E-state index contributed by atoms with van der Waals surface area (Å²) in [4.78, 5) is 24.4. The number of nitrogens with zero attached hydrogens (tertiary/aromatic N) is 2. The van der Waals surface area contributed by atoms with Crippen molar-refractivity contribution in [3.05, 3.63) is 58.0 Å². The Bertz CT molecular complexity index is 803. The maximum absolute atomic E-state index is 12.9. The number of ether oxygens (including phenoxy) is 2. The lowest BCUT2D eigenvalue weighted by Crippen LogP contribution is -2.38. The molecule has 2 aromatic rings. The number of alkyl halides is 3. The third kappa shape index (κ3) is 4.17. The Kier molecular flexibility index (Phi) is 5.45. The molecule has 25 heavy (non-hydrogen) atoms. The number of carbonyl (C=O) groups is 1. The summed E-state index contributed by atoms with van der Waals surface area (Å²) in [6.45, 7) is 2.56. The van der Waals surface area contributed by atoms with Gasteiger partial charge in [0.05, 0.1) is 18.4 Å². The molecule has 0 aliphatic rings. The second-order valence-corrected chi connectivity index (χ2v) is 4.97. The quantitative estimate of drug-likeness (QED) is 0.771. The van der Waals surface area contributed by atoms with Gasteiger partial charge in [0.25, 0.3) is 11.8 Å². The molecule has 0 aliphatic carbocycles. The highest BCUT2D eigenvalue weighted by Crippen LogP contribution is 2.30. The van der Waals surface area contributed by atoms with Crippen LogP contribution in [0.15, 0.2) is 41.3 Å². The van der Waals surface area contributed by atoms with Crippen LogP contribution in [0.1, 0.15) is 24.3 Å². The van der Waals surface area contributed by atoms with Crippen LogP contribution in [0.5, 0.6) is 5.75 Å². The lowest BCUT2D eigenvalue weighted by Gasteiger charge is -2.20. The largest absolute Gasteiger partial charge is 0.462 e. The zero-order valence-electron chi connectivity index (χ0n) is 13.4. The minimum atomic E-state index is -4.73. The Morgan fingerprint density at radius 1 is 1.28 bits per heavy atom. The molecule has 0 radical (unpaired) electrons. The van der Waals surface area contributed by atoms with Gasteiger partial charge in [-0.3, -0.25) is 4.79 Å². The highest BCUT2D eigenvalue weighted by Gasteiger charge is 2.36. The van der Waals surface area contributed by atoms with Crippen molar-refractivity contribution in [3.63, 3.8) is 0 Å². The number of aromatic nitrogens is 2. The van der Waals surface area contributed by atoms with E-state index in [1.165, 1.54) is 12.1 Å². The highest BCUT2D eigenvalue weighted by atomic mass is 19.4. The van der Waals surface area contributed by atoms with Gasteiger partial charge in [0, 0.05) is 5.56 Å². The van der Waals surface area contributed by atoms with Crippen LogP contribution in [0, 0.1) is 6.92 Å². The van der Waals surface area contributed by atoms with Gasteiger partial charge in [-0.25, -0.2) is 4.79 Å². The fraction of sp³-hybridized carbons (Fsp3) is 0.312. The fourth-order valence-electron chi connectivity index (χ4n) is 2.05. The molecule has 0 bridgehead atoms. The first-order valence-electron chi connectivity index (χ1n) is 7.29. The summed E-state index contributed by atoms with van der Waals surface area (Å²) in [5.74, 6) is -0.716. The molecule has 0 amide bonds. The monoisotopic (exact) mass is 356 g/mol. The normalized spacial score (nSPS) is 12.5. The SMILES string of the molecule is CCOC(=O)C(Oc1ccccc1)n1ncc(C(F)(F)F)c(C)c1=O. The molecule has 1 heterocycles. The maximum Gasteiger partial charge on any atom is 0.418 e. The van der Waals surface area contributed by atoms with Crippen LogP contribution in [-0.4, -0.2) is 22.4 Å². The molecule has 1 aromatic heterocycles. The molecular formula is C16H15F3N2O4. The number of carbonyl (C=O) groups excluding carboxylic acids is 1. The van der Waals surface area contributed by atoms with E-state index in [0.29, 0.717) is 10.9 Å². The summed E-state index contributed by atoms with van der Waals surface area (Å²) in [5, 5.41) is 3.46. The zero-order valence-corrected chi connectivity index (χ0v) is 13.4. The molecule has 2 rings (SSSR count). The van der Waals surface area contributed by atoms with Gasteiger partial charge in [-0.05, 0) is 26.0 Å². The number of benzene rings is 1. The first kappa shape index (κ1) is 18.5. The molecule has 0 spiro atoms. The second-order valence-electron chi connectivity index (χ2n) is 4.97. The van der Waals surface area contributed by atoms with Gasteiger partial charge in [-0.1, -0.05) is 18.2 Å². The average molecular weight is 356 g/mol. The summed E-state index contributed by atoms with van der Waals surface area (Å²) in [6.07, 6.45) is -5.89. The summed E-state index contributed by atoms with van der Waals surface area (Å²) in [7, 11) is 0. The van der Waals surface area contributed by atoms with Crippen LogP contribution in [0.4, 0.5) is 13.2 Å². The molecule has 1 aromatic carbocycles. The maximum atomic E-state index is 12.9. The van der Waals surface area contributed by atoms with Crippen LogP contribution in [-0.2, 0) is 15.7 Å². The molecule has 1 atom stereocenters. The summed E-state index contributed by atoms with van der Waals surface area (Å²) < 4.78 is 49.4. The lowest BCUT2D eigenvalue weighted by atomic mass is 10.2. The van der Waals surface area contributed by atoms with Crippen LogP contribution >= 0.6 is 0 Å². The van der Waals surface area contributed by atoms with Gasteiger partial charge in [-0.15, -0.1) is 0 Å². The standard InChI is InChI=1S/C16H15F3N2O4/c1-3-24-15(23)14(25-11-7-5-4-6-8-11)21-13(22)10(2)12(9-20-21)16(17,18)19/h4-9,14H,3H2,1-2H3. The van der Waals surface area contributed by atoms with Crippen LogP contribution in [0.2, 0.25) is 0 Å². The van der Waals surface area contributed by atoms with E-state index in [1.54, 1.807) is 25.1 Å². The van der Waals surface area contributed by atoms with Gasteiger partial charge in [0.15, 0.2) is 0 Å². The van der Waals surface area contributed by atoms with Crippen molar-refractivity contribution < 1.29 is 27.4 Å². The summed E-state index contributed by atoms with van der Waals surface area (Å²) >= 11 is 0. The average Bonchev–Trinajstić information content (AvgIpc) is 2.55. The molecule has 1 unspecified atom stereocenters. The van der Waals surface area contributed by atoms with Crippen molar-refractivity contribution in [2.75, 3.05) is 6.61 Å². The van der Waals surface area contributed by atoms with Crippen molar-refractivity contribution in [2.24, 2.45) is 0 Å². The number of halogens is 3. The Hall–Kier alpha value is -2.84. The highest BCUT2D eigenvalue weighted by molar-refractivity contribution is 5.73. The van der Waals surface area contributed by atoms with Crippen molar-refractivity contribution in [2.45, 2.75) is 26.3 Å². The lowest BCUT2D eigenvalue weighted by molar-refractivity contribution is -0.157. The smallest absolute Gasteiger partial charge is 0.418 e. The summed E-state index contributed by atoms with van der Waals surface area (Å²) in [5.41, 5.74) is -2.85. The van der Waals surface area contributed by atoms with E-state index in [-0.39, 0.29) is 12.4 Å². The Balaban J connectivity index is 2.49. The van der Waals surface area contributed by atoms with E-state index in [9.17, 15) is 22.8 Å². The predicted molar refractivity (Wildman–Crippen MR) is 81.0 cm³/mol.